The molecule has 1 aromatic carbocycles. The van der Waals surface area contributed by atoms with Crippen LogP contribution in [0, 0.1) is 6.92 Å². The molecule has 0 unspecified atom stereocenters. The van der Waals surface area contributed by atoms with Crippen LogP contribution in [-0.2, 0) is 4.74 Å². The van der Waals surface area contributed by atoms with Crippen molar-refractivity contribution in [1.29, 1.82) is 0 Å². The van der Waals surface area contributed by atoms with Gasteiger partial charge in [-0.1, -0.05) is 0 Å². The summed E-state index contributed by atoms with van der Waals surface area (Å²) < 4.78 is 16.3. The molecule has 5 rings (SSSR count). The maximum absolute atomic E-state index is 6.18. The van der Waals surface area contributed by atoms with Gasteiger partial charge in [-0.2, -0.15) is 4.98 Å². The van der Waals surface area contributed by atoms with Crippen molar-refractivity contribution >= 4 is 28.6 Å². The highest BCUT2D eigenvalue weighted by molar-refractivity contribution is 5.85. The number of hydrogen-bond acceptors (Lipinski definition) is 9. The normalized spacial score (nSPS) is 14.2. The van der Waals surface area contributed by atoms with Crippen molar-refractivity contribution in [2.45, 2.75) is 6.92 Å². The van der Waals surface area contributed by atoms with Crippen LogP contribution in [0.3, 0.4) is 0 Å². The van der Waals surface area contributed by atoms with Crippen LogP contribution in [-0.4, -0.2) is 66.4 Å². The molecule has 1 aliphatic rings. The van der Waals surface area contributed by atoms with Gasteiger partial charge in [0.25, 0.3) is 0 Å². The van der Waals surface area contributed by atoms with Crippen LogP contribution < -0.4 is 20.3 Å². The number of aromatic nitrogens is 4. The van der Waals surface area contributed by atoms with Gasteiger partial charge in [-0.3, -0.25) is 0 Å². The number of rotatable bonds is 7. The first-order valence-corrected chi connectivity index (χ1v) is 10.9. The largest absolute Gasteiger partial charge is 0.491 e. The van der Waals surface area contributed by atoms with Gasteiger partial charge in [0.1, 0.15) is 23.6 Å². The van der Waals surface area contributed by atoms with Gasteiger partial charge in [0.15, 0.2) is 23.0 Å². The van der Waals surface area contributed by atoms with Gasteiger partial charge in [-0.15, -0.1) is 0 Å². The van der Waals surface area contributed by atoms with Gasteiger partial charge in [-0.05, 0) is 43.3 Å². The van der Waals surface area contributed by atoms with E-state index in [-0.39, 0.29) is 0 Å². The van der Waals surface area contributed by atoms with Gasteiger partial charge >= 0.3 is 0 Å². The minimum Gasteiger partial charge on any atom is -0.491 e. The van der Waals surface area contributed by atoms with Gasteiger partial charge in [0.05, 0.1) is 6.61 Å². The molecule has 10 heteroatoms. The van der Waals surface area contributed by atoms with Crippen molar-refractivity contribution in [3.05, 3.63) is 42.2 Å². The molecule has 3 N–H and O–H groups in total. The lowest BCUT2D eigenvalue weighted by molar-refractivity contribution is 0.146. The molecule has 0 amide bonds. The van der Waals surface area contributed by atoms with E-state index in [1.807, 2.05) is 31.2 Å². The first-order chi connectivity index (χ1) is 16.1. The third-order valence-corrected chi connectivity index (χ3v) is 5.66. The maximum Gasteiger partial charge on any atom is 0.205 e. The number of hydrogen-bond donors (Lipinski definition) is 2. The highest BCUT2D eigenvalue weighted by Gasteiger charge is 2.22. The molecule has 10 nitrogen and oxygen atoms in total. The van der Waals surface area contributed by atoms with Crippen LogP contribution >= 0.6 is 0 Å². The van der Waals surface area contributed by atoms with E-state index in [9.17, 15) is 0 Å². The second kappa shape index (κ2) is 8.99. The third-order valence-electron chi connectivity index (χ3n) is 5.66. The number of ether oxygens (including phenoxy) is 2. The zero-order valence-corrected chi connectivity index (χ0v) is 18.7. The Balaban J connectivity index is 1.26. The Morgan fingerprint density at radius 3 is 2.42 bits per heavy atom. The zero-order valence-electron chi connectivity index (χ0n) is 18.7. The summed E-state index contributed by atoms with van der Waals surface area (Å²) in [4.78, 5) is 21.5. The first kappa shape index (κ1) is 21.1. The van der Waals surface area contributed by atoms with Crippen LogP contribution in [0.15, 0.2) is 40.8 Å². The average Bonchev–Trinajstić information content (AvgIpc) is 3.47. The first-order valence-electron chi connectivity index (χ1n) is 10.9. The van der Waals surface area contributed by atoms with Crippen molar-refractivity contribution in [2.24, 2.45) is 0 Å². The van der Waals surface area contributed by atoms with Gasteiger partial charge in [0, 0.05) is 39.0 Å². The van der Waals surface area contributed by atoms with Crippen LogP contribution in [0.2, 0.25) is 0 Å². The summed E-state index contributed by atoms with van der Waals surface area (Å²) in [5, 5.41) is 0. The van der Waals surface area contributed by atoms with Gasteiger partial charge in [0.2, 0.25) is 5.95 Å². The number of nitrogens with zero attached hydrogens (tertiary/aromatic N) is 5. The standard InChI is InChI=1S/C23H27N7O3/c1-15-3-8-18(33-15)21-26-20(24)19-22(27-21)28-23(25-19)30-11-9-29(10-12-30)16-4-6-17(7-5-16)32-14-13-31-2/h3-8H,9-14H2,1-2H3,(H3,24,25,26,27,28). The van der Waals surface area contributed by atoms with Crippen molar-refractivity contribution < 1.29 is 13.9 Å². The molecule has 1 fully saturated rings. The minimum absolute atomic E-state index is 0.356. The number of anilines is 3. The van der Waals surface area contributed by atoms with E-state index < -0.39 is 0 Å². The molecule has 0 spiro atoms. The number of fused-ring (bicyclic) bond motifs is 1. The molecule has 4 heterocycles. The van der Waals surface area contributed by atoms with E-state index in [0.717, 1.165) is 43.6 Å². The summed E-state index contributed by atoms with van der Waals surface area (Å²) in [5.74, 6) is 3.76. The molecule has 0 bridgehead atoms. The molecule has 172 valence electrons. The number of H-pyrrole nitrogens is 1. The number of piperazine rings is 1. The van der Waals surface area contributed by atoms with Crippen LogP contribution in [0.1, 0.15) is 5.76 Å². The third kappa shape index (κ3) is 4.42. The Morgan fingerprint density at radius 1 is 0.970 bits per heavy atom. The summed E-state index contributed by atoms with van der Waals surface area (Å²) in [6.07, 6.45) is 0. The monoisotopic (exact) mass is 449 g/mol. The number of methoxy groups -OCH3 is 1. The van der Waals surface area contributed by atoms with E-state index in [4.69, 9.17) is 19.6 Å². The predicted octanol–water partition coefficient (Wildman–Crippen LogP) is 2.86. The number of nitrogen functional groups attached to an aromatic ring is 1. The molecule has 33 heavy (non-hydrogen) atoms. The average molecular weight is 450 g/mol. The van der Waals surface area contributed by atoms with Crippen molar-refractivity contribution in [3.63, 3.8) is 0 Å². The topological polar surface area (TPSA) is 119 Å². The van der Waals surface area contributed by atoms with Crippen LogP contribution in [0.25, 0.3) is 22.7 Å². The molecule has 0 atom stereocenters. The van der Waals surface area contributed by atoms with Crippen LogP contribution in [0.5, 0.6) is 5.75 Å². The quantitative estimate of drug-likeness (QED) is 0.411. The Bertz CT molecular complexity index is 1230. The number of furan rings is 1. The lowest BCUT2D eigenvalue weighted by atomic mass is 10.2. The highest BCUT2D eigenvalue weighted by Crippen LogP contribution is 2.27. The molecule has 3 aromatic heterocycles. The fourth-order valence-electron chi connectivity index (χ4n) is 3.89. The summed E-state index contributed by atoms with van der Waals surface area (Å²) in [5.41, 5.74) is 8.54. The van der Waals surface area contributed by atoms with E-state index in [1.54, 1.807) is 7.11 Å². The molecule has 1 aliphatic heterocycles. The van der Waals surface area contributed by atoms with Crippen molar-refractivity contribution in [1.82, 2.24) is 19.9 Å². The molecule has 0 aliphatic carbocycles. The Morgan fingerprint density at radius 2 is 1.73 bits per heavy atom. The zero-order chi connectivity index (χ0) is 22.8. The number of nitrogens with two attached hydrogens (primary N) is 1. The highest BCUT2D eigenvalue weighted by atomic mass is 16.5. The number of imidazole rings is 1. The Hall–Kier alpha value is -3.79. The number of benzene rings is 1. The number of aryl methyl sites for hydroxylation is 1. The lowest BCUT2D eigenvalue weighted by Gasteiger charge is -2.36. The summed E-state index contributed by atoms with van der Waals surface area (Å²) in [6, 6.07) is 11.9. The van der Waals surface area contributed by atoms with Gasteiger partial charge < -0.3 is 34.4 Å². The molecule has 0 radical (unpaired) electrons. The SMILES string of the molecule is COCCOc1ccc(N2CCN(c3nc4nc(-c5ccc(C)o5)nc(N)c4[nH]3)CC2)cc1. The Labute approximate surface area is 191 Å². The van der Waals surface area contributed by atoms with E-state index >= 15 is 0 Å². The lowest BCUT2D eigenvalue weighted by Crippen LogP contribution is -2.46. The summed E-state index contributed by atoms with van der Waals surface area (Å²) in [7, 11) is 1.67. The van der Waals surface area contributed by atoms with Crippen molar-refractivity contribution in [3.8, 4) is 17.3 Å². The van der Waals surface area contributed by atoms with E-state index in [0.29, 0.717) is 41.8 Å². The fourth-order valence-corrected chi connectivity index (χ4v) is 3.89. The summed E-state index contributed by atoms with van der Waals surface area (Å²) in [6.45, 7) is 6.39. The molecular weight excluding hydrogens is 422 g/mol. The number of aromatic amines is 1. The molecule has 0 saturated carbocycles. The molecular formula is C23H27N7O3. The van der Waals surface area contributed by atoms with E-state index in [1.165, 1.54) is 5.69 Å². The van der Waals surface area contributed by atoms with E-state index in [2.05, 4.69) is 41.9 Å². The smallest absolute Gasteiger partial charge is 0.205 e. The van der Waals surface area contributed by atoms with Crippen molar-refractivity contribution in [2.75, 3.05) is 62.0 Å². The number of nitrogens with one attached hydrogen (secondary N) is 1. The summed E-state index contributed by atoms with van der Waals surface area (Å²) >= 11 is 0. The molecule has 4 aromatic rings. The van der Waals surface area contributed by atoms with Crippen LogP contribution in [0.4, 0.5) is 17.5 Å². The molecule has 1 saturated heterocycles. The van der Waals surface area contributed by atoms with Gasteiger partial charge in [-0.25, -0.2) is 9.97 Å². The maximum atomic E-state index is 6.18. The fraction of sp³-hybridized carbons (Fsp3) is 0.348. The second-order valence-corrected chi connectivity index (χ2v) is 7.91. The second-order valence-electron chi connectivity index (χ2n) is 7.91. The Kier molecular flexibility index (Phi) is 5.74. The predicted molar refractivity (Wildman–Crippen MR) is 127 cm³/mol. The minimum atomic E-state index is 0.356.